The van der Waals surface area contributed by atoms with Crippen molar-refractivity contribution in [1.29, 1.82) is 0 Å². The Morgan fingerprint density at radius 2 is 2.11 bits per heavy atom. The van der Waals surface area contributed by atoms with Gasteiger partial charge >= 0.3 is 6.18 Å². The van der Waals surface area contributed by atoms with Crippen LogP contribution in [0.4, 0.5) is 18.9 Å². The summed E-state index contributed by atoms with van der Waals surface area (Å²) in [6.45, 7) is -0.614. The average molecular weight is 278 g/mol. The van der Waals surface area contributed by atoms with E-state index in [-0.39, 0.29) is 0 Å². The number of non-ortho nitro benzene ring substituents is 1. The smallest absolute Gasteiger partial charge is 0.420 e. The van der Waals surface area contributed by atoms with Crippen molar-refractivity contribution in [3.8, 4) is 5.75 Å². The van der Waals surface area contributed by atoms with Gasteiger partial charge in [-0.1, -0.05) is 0 Å². The first kappa shape index (κ1) is 14.7. The number of alkyl halides is 3. The Hall–Kier alpha value is -2.32. The van der Waals surface area contributed by atoms with Gasteiger partial charge in [-0.3, -0.25) is 14.9 Å². The number of hydrogen-bond acceptors (Lipinski definition) is 4. The number of halogens is 3. The Morgan fingerprint density at radius 3 is 2.58 bits per heavy atom. The molecule has 0 fully saturated rings. The zero-order valence-electron chi connectivity index (χ0n) is 9.65. The zero-order chi connectivity index (χ0) is 14.6. The highest BCUT2D eigenvalue weighted by atomic mass is 19.4. The molecule has 0 aromatic heterocycles. The van der Waals surface area contributed by atoms with E-state index in [1.54, 1.807) is 0 Å². The van der Waals surface area contributed by atoms with Crippen LogP contribution >= 0.6 is 0 Å². The van der Waals surface area contributed by atoms with E-state index in [1.165, 1.54) is 7.05 Å². The lowest BCUT2D eigenvalue weighted by atomic mass is 10.1. The van der Waals surface area contributed by atoms with Gasteiger partial charge in [0.15, 0.2) is 6.61 Å². The summed E-state index contributed by atoms with van der Waals surface area (Å²) in [7, 11) is 1.30. The van der Waals surface area contributed by atoms with E-state index in [4.69, 9.17) is 4.74 Å². The maximum Gasteiger partial charge on any atom is 0.420 e. The van der Waals surface area contributed by atoms with Gasteiger partial charge in [0.05, 0.1) is 4.92 Å². The number of hydrogen-bond donors (Lipinski definition) is 1. The molecule has 104 valence electrons. The fourth-order valence-corrected chi connectivity index (χ4v) is 1.19. The number of nitrogens with zero attached hydrogens (tertiary/aromatic N) is 1. The second kappa shape index (κ2) is 5.55. The fourth-order valence-electron chi connectivity index (χ4n) is 1.19. The summed E-state index contributed by atoms with van der Waals surface area (Å²) in [6.07, 6.45) is -4.82. The Bertz CT molecular complexity index is 502. The number of nitro benzene ring substituents is 1. The number of ether oxygens (including phenoxy) is 1. The second-order valence-electron chi connectivity index (χ2n) is 3.40. The first-order valence-corrected chi connectivity index (χ1v) is 4.94. The molecule has 0 aliphatic heterocycles. The molecule has 0 aliphatic carbocycles. The largest absolute Gasteiger partial charge is 0.483 e. The van der Waals surface area contributed by atoms with Gasteiger partial charge in [-0.2, -0.15) is 13.2 Å². The van der Waals surface area contributed by atoms with Crippen molar-refractivity contribution in [3.63, 3.8) is 0 Å². The van der Waals surface area contributed by atoms with Crippen LogP contribution in [-0.2, 0) is 11.0 Å². The van der Waals surface area contributed by atoms with E-state index in [0.717, 1.165) is 12.1 Å². The summed E-state index contributed by atoms with van der Waals surface area (Å²) in [4.78, 5) is 20.4. The topological polar surface area (TPSA) is 81.5 Å². The van der Waals surface area contributed by atoms with Crippen LogP contribution in [0.15, 0.2) is 18.2 Å². The highest BCUT2D eigenvalue weighted by molar-refractivity contribution is 5.77. The van der Waals surface area contributed by atoms with E-state index in [0.29, 0.717) is 6.07 Å². The SMILES string of the molecule is CNC(=O)COc1ccc([N+](=O)[O-])cc1C(F)(F)F. The Morgan fingerprint density at radius 1 is 1.47 bits per heavy atom. The lowest BCUT2D eigenvalue weighted by Gasteiger charge is -2.13. The summed E-state index contributed by atoms with van der Waals surface area (Å²) in [5, 5.41) is 12.6. The number of likely N-dealkylation sites (N-methyl/N-ethyl adjacent to an activating group) is 1. The maximum absolute atomic E-state index is 12.7. The van der Waals surface area contributed by atoms with Crippen molar-refractivity contribution < 1.29 is 27.6 Å². The van der Waals surface area contributed by atoms with E-state index in [2.05, 4.69) is 5.32 Å². The molecule has 1 aromatic carbocycles. The molecular formula is C10H9F3N2O4. The van der Waals surface area contributed by atoms with Gasteiger partial charge in [-0.15, -0.1) is 0 Å². The number of nitrogens with one attached hydrogen (secondary N) is 1. The van der Waals surface area contributed by atoms with Crippen molar-refractivity contribution in [3.05, 3.63) is 33.9 Å². The normalized spacial score (nSPS) is 10.9. The van der Waals surface area contributed by atoms with E-state index < -0.39 is 40.6 Å². The van der Waals surface area contributed by atoms with Gasteiger partial charge in [0.1, 0.15) is 11.3 Å². The first-order chi connectivity index (χ1) is 8.75. The molecule has 0 saturated carbocycles. The molecule has 0 spiro atoms. The third kappa shape index (κ3) is 3.83. The van der Waals surface area contributed by atoms with Crippen LogP contribution < -0.4 is 10.1 Å². The minimum Gasteiger partial charge on any atom is -0.483 e. The molecule has 0 unspecified atom stereocenters. The molecule has 0 heterocycles. The van der Waals surface area contributed by atoms with Gasteiger partial charge in [-0.25, -0.2) is 0 Å². The molecule has 19 heavy (non-hydrogen) atoms. The monoisotopic (exact) mass is 278 g/mol. The van der Waals surface area contributed by atoms with Gasteiger partial charge in [-0.05, 0) is 6.07 Å². The first-order valence-electron chi connectivity index (χ1n) is 4.94. The third-order valence-corrected chi connectivity index (χ3v) is 2.12. The lowest BCUT2D eigenvalue weighted by Crippen LogP contribution is -2.25. The highest BCUT2D eigenvalue weighted by Crippen LogP contribution is 2.38. The van der Waals surface area contributed by atoms with Crippen LogP contribution in [0.2, 0.25) is 0 Å². The molecular weight excluding hydrogens is 269 g/mol. The minimum absolute atomic E-state index is 0.360. The van der Waals surface area contributed by atoms with Crippen molar-refractivity contribution in [2.75, 3.05) is 13.7 Å². The molecule has 0 saturated heterocycles. The summed E-state index contributed by atoms with van der Waals surface area (Å²) >= 11 is 0. The molecule has 1 N–H and O–H groups in total. The minimum atomic E-state index is -4.82. The predicted octanol–water partition coefficient (Wildman–Crippen LogP) is 1.74. The van der Waals surface area contributed by atoms with Crippen LogP contribution in [0.1, 0.15) is 5.56 Å². The number of nitro groups is 1. The van der Waals surface area contributed by atoms with Crippen molar-refractivity contribution >= 4 is 11.6 Å². The molecule has 6 nitrogen and oxygen atoms in total. The summed E-state index contributed by atoms with van der Waals surface area (Å²) in [6, 6.07) is 2.04. The molecule has 1 rings (SSSR count). The summed E-state index contributed by atoms with van der Waals surface area (Å²) < 4.78 is 42.8. The summed E-state index contributed by atoms with van der Waals surface area (Å²) in [5.74, 6) is -1.26. The number of rotatable bonds is 4. The van der Waals surface area contributed by atoms with Crippen LogP contribution in [0.25, 0.3) is 0 Å². The van der Waals surface area contributed by atoms with Crippen molar-refractivity contribution in [1.82, 2.24) is 5.32 Å². The van der Waals surface area contributed by atoms with E-state index in [9.17, 15) is 28.1 Å². The predicted molar refractivity (Wildman–Crippen MR) is 57.7 cm³/mol. The molecule has 0 aliphatic rings. The quantitative estimate of drug-likeness (QED) is 0.671. The van der Waals surface area contributed by atoms with Crippen LogP contribution in [0.3, 0.4) is 0 Å². The lowest BCUT2D eigenvalue weighted by molar-refractivity contribution is -0.385. The van der Waals surface area contributed by atoms with Crippen LogP contribution in [0.5, 0.6) is 5.75 Å². The van der Waals surface area contributed by atoms with Crippen molar-refractivity contribution in [2.45, 2.75) is 6.18 Å². The maximum atomic E-state index is 12.7. The van der Waals surface area contributed by atoms with Gasteiger partial charge in [0, 0.05) is 19.2 Å². The highest BCUT2D eigenvalue weighted by Gasteiger charge is 2.36. The standard InChI is InChI=1S/C10H9F3N2O4/c1-14-9(16)5-19-8-3-2-6(15(17)18)4-7(8)10(11,12)13/h2-4H,5H2,1H3,(H,14,16). The number of amides is 1. The van der Waals surface area contributed by atoms with E-state index in [1.807, 2.05) is 0 Å². The third-order valence-electron chi connectivity index (χ3n) is 2.12. The number of carbonyl (C=O) groups is 1. The molecule has 0 radical (unpaired) electrons. The molecule has 0 bridgehead atoms. The van der Waals surface area contributed by atoms with Crippen molar-refractivity contribution in [2.24, 2.45) is 0 Å². The van der Waals surface area contributed by atoms with Crippen LogP contribution in [-0.4, -0.2) is 24.5 Å². The van der Waals surface area contributed by atoms with Gasteiger partial charge in [0.2, 0.25) is 0 Å². The number of carbonyl (C=O) groups excluding carboxylic acids is 1. The van der Waals surface area contributed by atoms with E-state index >= 15 is 0 Å². The Kier molecular flexibility index (Phi) is 4.30. The summed E-state index contributed by atoms with van der Waals surface area (Å²) in [5.41, 5.74) is -2.01. The zero-order valence-corrected chi connectivity index (χ0v) is 9.65. The van der Waals surface area contributed by atoms with Gasteiger partial charge in [0.25, 0.3) is 11.6 Å². The Labute approximate surface area is 105 Å². The Balaban J connectivity index is 3.10. The van der Waals surface area contributed by atoms with Crippen LogP contribution in [0, 0.1) is 10.1 Å². The fraction of sp³-hybridized carbons (Fsp3) is 0.300. The average Bonchev–Trinajstić information content (AvgIpc) is 2.34. The molecule has 9 heteroatoms. The van der Waals surface area contributed by atoms with Gasteiger partial charge < -0.3 is 10.1 Å². The molecule has 1 aromatic rings. The number of benzene rings is 1. The second-order valence-corrected chi connectivity index (χ2v) is 3.40. The molecule has 0 atom stereocenters. The molecule has 1 amide bonds.